The van der Waals surface area contributed by atoms with Crippen molar-refractivity contribution < 1.29 is 19.2 Å². The van der Waals surface area contributed by atoms with E-state index >= 15 is 0 Å². The second-order valence-electron chi connectivity index (χ2n) is 6.18. The van der Waals surface area contributed by atoms with Gasteiger partial charge in [-0.05, 0) is 25.1 Å². The van der Waals surface area contributed by atoms with Crippen LogP contribution in [-0.2, 0) is 0 Å². The quantitative estimate of drug-likeness (QED) is 0.489. The smallest absolute Gasteiger partial charge is 0.294 e. The number of hydrogen-bond donors (Lipinski definition) is 1. The standard InChI is InChI=1S/C20H18N4O6/c1-12-10-17(25)19(22-23(12)15-6-4-5-7-16(15)24(27)28)20(26)21-14-9-8-13(29-2)11-18(14)30-3/h4-11H,1-3H3,(H,21,26). The van der Waals surface area contributed by atoms with Crippen molar-refractivity contribution in [1.29, 1.82) is 0 Å². The number of carbonyl (C=O) groups is 1. The zero-order chi connectivity index (χ0) is 21.8. The Labute approximate surface area is 170 Å². The van der Waals surface area contributed by atoms with E-state index in [4.69, 9.17) is 9.47 Å². The van der Waals surface area contributed by atoms with Crippen LogP contribution >= 0.6 is 0 Å². The van der Waals surface area contributed by atoms with Crippen LogP contribution in [0.2, 0.25) is 0 Å². The highest BCUT2D eigenvalue weighted by Crippen LogP contribution is 2.29. The number of rotatable bonds is 6. The molecular formula is C20H18N4O6. The first-order chi connectivity index (χ1) is 14.3. The van der Waals surface area contributed by atoms with Gasteiger partial charge >= 0.3 is 0 Å². The summed E-state index contributed by atoms with van der Waals surface area (Å²) in [6, 6.07) is 11.9. The molecular weight excluding hydrogens is 392 g/mol. The van der Waals surface area contributed by atoms with Crippen LogP contribution in [-0.4, -0.2) is 34.8 Å². The molecule has 10 heteroatoms. The van der Waals surface area contributed by atoms with Crippen molar-refractivity contribution in [3.63, 3.8) is 0 Å². The monoisotopic (exact) mass is 410 g/mol. The number of nitro groups is 1. The highest BCUT2D eigenvalue weighted by Gasteiger charge is 2.21. The minimum absolute atomic E-state index is 0.135. The Bertz CT molecular complexity index is 1190. The van der Waals surface area contributed by atoms with Gasteiger partial charge in [-0.15, -0.1) is 0 Å². The summed E-state index contributed by atoms with van der Waals surface area (Å²) >= 11 is 0. The number of nitrogens with one attached hydrogen (secondary N) is 1. The molecule has 0 aliphatic heterocycles. The van der Waals surface area contributed by atoms with Gasteiger partial charge in [0, 0.05) is 23.9 Å². The lowest BCUT2D eigenvalue weighted by Gasteiger charge is -2.13. The summed E-state index contributed by atoms with van der Waals surface area (Å²) in [6.07, 6.45) is 0. The first-order valence-corrected chi connectivity index (χ1v) is 8.74. The summed E-state index contributed by atoms with van der Waals surface area (Å²) in [4.78, 5) is 36.0. The first kappa shape index (κ1) is 20.5. The van der Waals surface area contributed by atoms with Gasteiger partial charge < -0.3 is 14.8 Å². The predicted molar refractivity (Wildman–Crippen MR) is 109 cm³/mol. The third kappa shape index (κ3) is 3.97. The largest absolute Gasteiger partial charge is 0.497 e. The maximum atomic E-state index is 12.8. The average Bonchev–Trinajstić information content (AvgIpc) is 2.74. The van der Waals surface area contributed by atoms with E-state index in [1.54, 1.807) is 31.2 Å². The van der Waals surface area contributed by atoms with Gasteiger partial charge in [-0.25, -0.2) is 4.68 Å². The van der Waals surface area contributed by atoms with Crippen LogP contribution in [0.15, 0.2) is 53.3 Å². The van der Waals surface area contributed by atoms with Crippen LogP contribution in [0, 0.1) is 17.0 Å². The summed E-state index contributed by atoms with van der Waals surface area (Å²) in [5, 5.41) is 18.0. The molecule has 3 rings (SSSR count). The first-order valence-electron chi connectivity index (χ1n) is 8.74. The van der Waals surface area contributed by atoms with Gasteiger partial charge in [-0.1, -0.05) is 12.1 Å². The zero-order valence-corrected chi connectivity index (χ0v) is 16.4. The number of carbonyl (C=O) groups excluding carboxylic acids is 1. The number of aromatic nitrogens is 2. The van der Waals surface area contributed by atoms with Crippen LogP contribution in [0.5, 0.6) is 11.5 Å². The van der Waals surface area contributed by atoms with Crippen LogP contribution in [0.1, 0.15) is 16.2 Å². The Balaban J connectivity index is 2.04. The van der Waals surface area contributed by atoms with Gasteiger partial charge in [0.2, 0.25) is 5.43 Å². The van der Waals surface area contributed by atoms with E-state index in [9.17, 15) is 19.7 Å². The average molecular weight is 410 g/mol. The second-order valence-corrected chi connectivity index (χ2v) is 6.18. The molecule has 0 fully saturated rings. The fraction of sp³-hybridized carbons (Fsp3) is 0.150. The van der Waals surface area contributed by atoms with Crippen LogP contribution < -0.4 is 20.2 Å². The van der Waals surface area contributed by atoms with Crippen molar-refractivity contribution in [3.8, 4) is 17.2 Å². The van der Waals surface area contributed by atoms with Gasteiger partial charge in [0.15, 0.2) is 5.69 Å². The van der Waals surface area contributed by atoms with E-state index in [0.29, 0.717) is 22.9 Å². The molecule has 2 aromatic carbocycles. The molecule has 0 aliphatic rings. The Morgan fingerprint density at radius 2 is 1.87 bits per heavy atom. The van der Waals surface area contributed by atoms with Gasteiger partial charge in [0.05, 0.1) is 24.8 Å². The van der Waals surface area contributed by atoms with E-state index in [0.717, 1.165) is 0 Å². The van der Waals surface area contributed by atoms with Gasteiger partial charge in [0.1, 0.15) is 17.2 Å². The van der Waals surface area contributed by atoms with Gasteiger partial charge in [-0.3, -0.25) is 19.7 Å². The number of benzene rings is 2. The molecule has 30 heavy (non-hydrogen) atoms. The SMILES string of the molecule is COc1ccc(NC(=O)c2nn(-c3ccccc3[N+](=O)[O-])c(C)cc2=O)c(OC)c1. The summed E-state index contributed by atoms with van der Waals surface area (Å²) in [5.74, 6) is 0.0710. The third-order valence-corrected chi connectivity index (χ3v) is 4.29. The highest BCUT2D eigenvalue weighted by atomic mass is 16.6. The molecule has 1 N–H and O–H groups in total. The molecule has 0 atom stereocenters. The normalized spacial score (nSPS) is 10.4. The number of amides is 1. The Morgan fingerprint density at radius 3 is 2.53 bits per heavy atom. The number of nitrogens with zero attached hydrogens (tertiary/aromatic N) is 3. The molecule has 1 amide bonds. The maximum Gasteiger partial charge on any atom is 0.294 e. The fourth-order valence-corrected chi connectivity index (χ4v) is 2.83. The van der Waals surface area contributed by atoms with Gasteiger partial charge in [0.25, 0.3) is 11.6 Å². The number of nitro benzene ring substituents is 1. The van der Waals surface area contributed by atoms with Crippen molar-refractivity contribution in [2.45, 2.75) is 6.92 Å². The van der Waals surface area contributed by atoms with Crippen molar-refractivity contribution in [2.75, 3.05) is 19.5 Å². The van der Waals surface area contributed by atoms with E-state index < -0.39 is 22.0 Å². The number of ether oxygens (including phenoxy) is 2. The van der Waals surface area contributed by atoms with Crippen molar-refractivity contribution in [1.82, 2.24) is 9.78 Å². The molecule has 154 valence electrons. The topological polar surface area (TPSA) is 126 Å². The number of hydrogen-bond acceptors (Lipinski definition) is 7. The molecule has 1 heterocycles. The molecule has 0 unspecified atom stereocenters. The third-order valence-electron chi connectivity index (χ3n) is 4.29. The molecule has 3 aromatic rings. The highest BCUT2D eigenvalue weighted by molar-refractivity contribution is 6.03. The van der Waals surface area contributed by atoms with Crippen molar-refractivity contribution in [2.24, 2.45) is 0 Å². The Kier molecular flexibility index (Phi) is 5.77. The molecule has 0 saturated carbocycles. The van der Waals surface area contributed by atoms with Gasteiger partial charge in [-0.2, -0.15) is 5.10 Å². The summed E-state index contributed by atoms with van der Waals surface area (Å²) in [6.45, 7) is 1.57. The molecule has 0 saturated heterocycles. The predicted octanol–water partition coefficient (Wildman–Crippen LogP) is 2.72. The van der Waals surface area contributed by atoms with E-state index in [1.807, 2.05) is 0 Å². The van der Waals surface area contributed by atoms with Crippen molar-refractivity contribution >= 4 is 17.3 Å². The molecule has 0 radical (unpaired) electrons. The Hall–Kier alpha value is -4.21. The second kappa shape index (κ2) is 8.43. The maximum absolute atomic E-state index is 12.8. The van der Waals surface area contributed by atoms with E-state index in [2.05, 4.69) is 10.4 Å². The molecule has 0 bridgehead atoms. The fourth-order valence-electron chi connectivity index (χ4n) is 2.83. The number of aryl methyl sites for hydroxylation is 1. The minimum atomic E-state index is -0.782. The summed E-state index contributed by atoms with van der Waals surface area (Å²) in [7, 11) is 2.92. The Morgan fingerprint density at radius 1 is 1.13 bits per heavy atom. The minimum Gasteiger partial charge on any atom is -0.497 e. The summed E-state index contributed by atoms with van der Waals surface area (Å²) < 4.78 is 11.5. The van der Waals surface area contributed by atoms with E-state index in [1.165, 1.54) is 43.2 Å². The number of para-hydroxylation sites is 2. The molecule has 0 spiro atoms. The molecule has 1 aromatic heterocycles. The van der Waals surface area contributed by atoms with Crippen molar-refractivity contribution in [3.05, 3.63) is 80.3 Å². The molecule has 0 aliphatic carbocycles. The lowest BCUT2D eigenvalue weighted by molar-refractivity contribution is -0.384. The number of anilines is 1. The van der Waals surface area contributed by atoms with Crippen LogP contribution in [0.4, 0.5) is 11.4 Å². The van der Waals surface area contributed by atoms with Crippen LogP contribution in [0.25, 0.3) is 5.69 Å². The lowest BCUT2D eigenvalue weighted by atomic mass is 10.2. The van der Waals surface area contributed by atoms with Crippen LogP contribution in [0.3, 0.4) is 0 Å². The number of methoxy groups -OCH3 is 2. The van der Waals surface area contributed by atoms with E-state index in [-0.39, 0.29) is 11.4 Å². The summed E-state index contributed by atoms with van der Waals surface area (Å²) in [5.41, 5.74) is -0.463. The zero-order valence-electron chi connectivity index (χ0n) is 16.4. The lowest BCUT2D eigenvalue weighted by Crippen LogP contribution is -2.27. The molecule has 10 nitrogen and oxygen atoms in total.